The highest BCUT2D eigenvalue weighted by Crippen LogP contribution is 2.51. The van der Waals surface area contributed by atoms with E-state index in [2.05, 4.69) is 37.5 Å². The van der Waals surface area contributed by atoms with Gasteiger partial charge in [-0.3, -0.25) is 9.59 Å². The minimum atomic E-state index is -0.550. The first-order valence-electron chi connectivity index (χ1n) is 13.5. The first-order valence-corrected chi connectivity index (χ1v) is 13.5. The van der Waals surface area contributed by atoms with Crippen LogP contribution < -0.4 is 20.1 Å². The molecule has 0 aromatic heterocycles. The zero-order valence-electron chi connectivity index (χ0n) is 23.4. The largest absolute Gasteiger partial charge is 0.454 e. The highest BCUT2D eigenvalue weighted by molar-refractivity contribution is 6.02. The molecular formula is C32H41N3O4. The van der Waals surface area contributed by atoms with E-state index in [9.17, 15) is 9.59 Å². The number of hydrogen-bond acceptors (Lipinski definition) is 5. The molecule has 7 heteroatoms. The van der Waals surface area contributed by atoms with Gasteiger partial charge in [0.25, 0.3) is 5.91 Å². The number of likely N-dealkylation sites (N-methyl/N-ethyl adjacent to an activating group) is 1. The van der Waals surface area contributed by atoms with Crippen molar-refractivity contribution >= 4 is 17.5 Å². The van der Waals surface area contributed by atoms with E-state index in [0.29, 0.717) is 17.9 Å². The summed E-state index contributed by atoms with van der Waals surface area (Å²) in [4.78, 5) is 28.1. The number of amides is 2. The molecule has 0 bridgehead atoms. The predicted molar refractivity (Wildman–Crippen MR) is 158 cm³/mol. The van der Waals surface area contributed by atoms with Gasteiger partial charge < -0.3 is 25.0 Å². The number of carbonyl (C=O) groups is 2. The number of hydrogen-bond donors (Lipinski definition) is 2. The van der Waals surface area contributed by atoms with Crippen LogP contribution in [0.1, 0.15) is 58.0 Å². The summed E-state index contributed by atoms with van der Waals surface area (Å²) in [5, 5.41) is 6.14. The first-order chi connectivity index (χ1) is 18.6. The van der Waals surface area contributed by atoms with Gasteiger partial charge >= 0.3 is 0 Å². The number of fused-ring (bicyclic) bond motifs is 1. The summed E-state index contributed by atoms with van der Waals surface area (Å²) in [5.74, 6) is 1.31. The molecular weight excluding hydrogens is 490 g/mol. The van der Waals surface area contributed by atoms with E-state index in [1.54, 1.807) is 0 Å². The Morgan fingerprint density at radius 3 is 2.33 bits per heavy atom. The average Bonchev–Trinajstić information content (AvgIpc) is 3.58. The summed E-state index contributed by atoms with van der Waals surface area (Å²) in [6, 6.07) is 19.6. The molecule has 3 aromatic rings. The summed E-state index contributed by atoms with van der Waals surface area (Å²) in [6.07, 6.45) is 1.59. The summed E-state index contributed by atoms with van der Waals surface area (Å²) in [5.41, 5.74) is 4.87. The van der Waals surface area contributed by atoms with Crippen LogP contribution in [0.15, 0.2) is 60.7 Å². The van der Waals surface area contributed by atoms with Gasteiger partial charge in [-0.25, -0.2) is 0 Å². The Kier molecular flexibility index (Phi) is 7.12. The van der Waals surface area contributed by atoms with Crippen LogP contribution in [0.5, 0.6) is 11.5 Å². The summed E-state index contributed by atoms with van der Waals surface area (Å²) in [6.45, 7) is 8.12. The van der Waals surface area contributed by atoms with Crippen LogP contribution in [0.25, 0.3) is 11.1 Å². The van der Waals surface area contributed by atoms with Gasteiger partial charge in [0.05, 0.1) is 5.41 Å². The van der Waals surface area contributed by atoms with E-state index in [0.717, 1.165) is 47.5 Å². The molecule has 1 aliphatic carbocycles. The molecule has 2 N–H and O–H groups in total. The minimum Gasteiger partial charge on any atom is -0.454 e. The molecule has 0 unspecified atom stereocenters. The number of carbonyl (C=O) groups excluding carboxylic acids is 2. The van der Waals surface area contributed by atoms with Gasteiger partial charge in [-0.1, -0.05) is 45.0 Å². The lowest BCUT2D eigenvalue weighted by Gasteiger charge is -2.24. The number of anilines is 1. The first kappa shape index (κ1) is 26.8. The molecule has 0 saturated heterocycles. The number of benzene rings is 3. The van der Waals surface area contributed by atoms with Gasteiger partial charge in [0.15, 0.2) is 11.5 Å². The lowest BCUT2D eigenvalue weighted by Crippen LogP contribution is -2.31. The quantitative estimate of drug-likeness (QED) is 0.382. The van der Waals surface area contributed by atoms with E-state index < -0.39 is 5.41 Å². The van der Waals surface area contributed by atoms with Crippen LogP contribution in [0.4, 0.5) is 5.69 Å². The third-order valence-electron chi connectivity index (χ3n) is 7.50. The summed E-state index contributed by atoms with van der Waals surface area (Å²) in [7, 11) is 3.96. The summed E-state index contributed by atoms with van der Waals surface area (Å²) >= 11 is 0. The van der Waals surface area contributed by atoms with Gasteiger partial charge in [-0.2, -0.15) is 0 Å². The van der Waals surface area contributed by atoms with Gasteiger partial charge in [0.1, 0.15) is 0 Å². The van der Waals surface area contributed by atoms with Crippen molar-refractivity contribution in [1.29, 1.82) is 0 Å². The zero-order valence-corrected chi connectivity index (χ0v) is 23.4. The third kappa shape index (κ3) is 5.64. The van der Waals surface area contributed by atoms with E-state index in [4.69, 9.17) is 9.47 Å². The highest BCUT2D eigenvalue weighted by atomic mass is 16.7. The Hall–Kier alpha value is -3.84. The van der Waals surface area contributed by atoms with Crippen molar-refractivity contribution < 1.29 is 21.9 Å². The van der Waals surface area contributed by atoms with Crippen LogP contribution in [-0.4, -0.2) is 50.7 Å². The molecule has 2 amide bonds. The number of nitrogens with zero attached hydrogens (tertiary/aromatic N) is 1. The van der Waals surface area contributed by atoms with E-state index in [1.807, 2.05) is 73.6 Å². The fourth-order valence-corrected chi connectivity index (χ4v) is 5.03. The number of nitrogens with one attached hydrogen (secondary N) is 2. The average molecular weight is 532 g/mol. The molecule has 1 heterocycles. The third-order valence-corrected chi connectivity index (χ3v) is 7.50. The predicted octanol–water partition coefficient (Wildman–Crippen LogP) is 5.83. The van der Waals surface area contributed by atoms with E-state index >= 15 is 0 Å². The molecule has 2 aliphatic rings. The normalized spacial score (nSPS) is 15.2. The van der Waals surface area contributed by atoms with Crippen LogP contribution in [-0.2, 0) is 15.6 Å². The van der Waals surface area contributed by atoms with Crippen molar-refractivity contribution in [3.63, 3.8) is 0 Å². The molecule has 5 rings (SSSR count). The molecule has 208 valence electrons. The Morgan fingerprint density at radius 1 is 0.949 bits per heavy atom. The number of rotatable bonds is 8. The smallest absolute Gasteiger partial charge is 0.251 e. The van der Waals surface area contributed by atoms with Crippen molar-refractivity contribution in [3.05, 3.63) is 77.4 Å². The topological polar surface area (TPSA) is 79.9 Å². The lowest BCUT2D eigenvalue weighted by molar-refractivity contribution is -0.118. The molecule has 0 radical (unpaired) electrons. The van der Waals surface area contributed by atoms with Crippen LogP contribution in [0, 0.1) is 0 Å². The van der Waals surface area contributed by atoms with Gasteiger partial charge in [-0.15, -0.1) is 0 Å². The van der Waals surface area contributed by atoms with Crippen molar-refractivity contribution in [3.8, 4) is 22.6 Å². The zero-order chi connectivity index (χ0) is 27.8. The molecule has 1 aliphatic heterocycles. The minimum absolute atomic E-state index is 0. The molecule has 3 aromatic carbocycles. The number of ether oxygens (including phenoxy) is 2. The fraction of sp³-hybridized carbons (Fsp3) is 0.375. The lowest BCUT2D eigenvalue weighted by atomic mass is 9.81. The van der Waals surface area contributed by atoms with Crippen LogP contribution in [0.3, 0.4) is 0 Å². The highest BCUT2D eigenvalue weighted by Gasteiger charge is 2.51. The van der Waals surface area contributed by atoms with E-state index in [1.165, 1.54) is 5.56 Å². The molecule has 0 spiro atoms. The second kappa shape index (κ2) is 10.4. The van der Waals surface area contributed by atoms with Crippen molar-refractivity contribution in [1.82, 2.24) is 10.2 Å². The standard InChI is InChI=1S/C32H37N3O4.2H2/c1-31(2,3)26-12-11-24(19-25(26)21-6-8-22(9-7-21)29(36)33-16-17-35(4)5)34-30(37)32(14-15-32)23-10-13-27-28(18-23)39-20-38-27;;/h6-13,18-19H,14-17,20H2,1-5H3,(H,33,36)(H,34,37);2*1H. The Morgan fingerprint density at radius 2 is 1.67 bits per heavy atom. The fourth-order valence-electron chi connectivity index (χ4n) is 5.03. The van der Waals surface area contributed by atoms with Crippen LogP contribution in [0.2, 0.25) is 0 Å². The van der Waals surface area contributed by atoms with Crippen LogP contribution >= 0.6 is 0 Å². The molecule has 1 saturated carbocycles. The Labute approximate surface area is 233 Å². The summed E-state index contributed by atoms with van der Waals surface area (Å²) < 4.78 is 11.0. The maximum Gasteiger partial charge on any atom is 0.251 e. The molecule has 39 heavy (non-hydrogen) atoms. The van der Waals surface area contributed by atoms with Gasteiger partial charge in [0.2, 0.25) is 12.7 Å². The Balaban J connectivity index is 0.00000231. The van der Waals surface area contributed by atoms with E-state index in [-0.39, 0.29) is 26.9 Å². The second-order valence-corrected chi connectivity index (χ2v) is 11.8. The Bertz CT molecular complexity index is 1400. The maximum absolute atomic E-state index is 13.5. The van der Waals surface area contributed by atoms with Gasteiger partial charge in [0, 0.05) is 27.2 Å². The maximum atomic E-state index is 13.5. The molecule has 1 fully saturated rings. The van der Waals surface area contributed by atoms with Crippen molar-refractivity contribution in [2.45, 2.75) is 44.4 Å². The van der Waals surface area contributed by atoms with Gasteiger partial charge in [-0.05, 0) is 91.0 Å². The monoisotopic (exact) mass is 531 g/mol. The molecule has 7 nitrogen and oxygen atoms in total. The second-order valence-electron chi connectivity index (χ2n) is 11.8. The van der Waals surface area contributed by atoms with Crippen molar-refractivity contribution in [2.24, 2.45) is 0 Å². The molecule has 0 atom stereocenters. The SMILES string of the molecule is CN(C)CCNC(=O)c1ccc(-c2cc(NC(=O)C3(c4ccc5c(c4)OCO5)CC3)ccc2C(C)(C)C)cc1.[HH].[HH]. The van der Waals surface area contributed by atoms with Crippen molar-refractivity contribution in [2.75, 3.05) is 39.3 Å².